The van der Waals surface area contributed by atoms with Crippen molar-refractivity contribution in [2.24, 2.45) is 0 Å². The summed E-state index contributed by atoms with van der Waals surface area (Å²) < 4.78 is 5.75. The summed E-state index contributed by atoms with van der Waals surface area (Å²) in [5.41, 5.74) is 1.92. The molecule has 118 valence electrons. The van der Waals surface area contributed by atoms with Gasteiger partial charge in [-0.15, -0.1) is 0 Å². The van der Waals surface area contributed by atoms with Crippen molar-refractivity contribution in [3.63, 3.8) is 0 Å². The minimum atomic E-state index is -0.276. The van der Waals surface area contributed by atoms with Gasteiger partial charge in [0.15, 0.2) is 0 Å². The highest BCUT2D eigenvalue weighted by molar-refractivity contribution is 6.30. The number of rotatable bonds is 7. The molecule has 0 radical (unpaired) electrons. The first-order valence-corrected chi connectivity index (χ1v) is 7.68. The number of aliphatic hydroxyl groups excluding tert-OH is 1. The standard InChI is InChI=1S/C18H22ClNO2/c1-18(2,13-21)20-11-14-6-8-17(9-7-14)22-12-15-4-3-5-16(19)10-15/h3-10,20-21H,11-13H2,1-2H3. The van der Waals surface area contributed by atoms with E-state index in [2.05, 4.69) is 5.32 Å². The molecule has 3 nitrogen and oxygen atoms in total. The van der Waals surface area contributed by atoms with E-state index in [0.29, 0.717) is 18.2 Å². The van der Waals surface area contributed by atoms with Crippen molar-refractivity contribution in [1.82, 2.24) is 5.32 Å². The molecule has 0 saturated carbocycles. The summed E-state index contributed by atoms with van der Waals surface area (Å²) >= 11 is 5.95. The van der Waals surface area contributed by atoms with E-state index in [-0.39, 0.29) is 12.1 Å². The highest BCUT2D eigenvalue weighted by Crippen LogP contribution is 2.16. The zero-order chi connectivity index (χ0) is 16.0. The van der Waals surface area contributed by atoms with E-state index in [0.717, 1.165) is 16.9 Å². The van der Waals surface area contributed by atoms with Crippen LogP contribution in [-0.4, -0.2) is 17.3 Å². The molecule has 0 atom stereocenters. The van der Waals surface area contributed by atoms with Gasteiger partial charge in [0.1, 0.15) is 12.4 Å². The first-order chi connectivity index (χ1) is 10.5. The average molecular weight is 320 g/mol. The molecule has 2 N–H and O–H groups in total. The molecule has 2 rings (SSSR count). The molecule has 0 spiro atoms. The van der Waals surface area contributed by atoms with Crippen LogP contribution < -0.4 is 10.1 Å². The fraction of sp³-hybridized carbons (Fsp3) is 0.333. The van der Waals surface area contributed by atoms with E-state index < -0.39 is 0 Å². The maximum absolute atomic E-state index is 9.22. The first kappa shape index (κ1) is 16.8. The monoisotopic (exact) mass is 319 g/mol. The smallest absolute Gasteiger partial charge is 0.119 e. The zero-order valence-electron chi connectivity index (χ0n) is 13.0. The molecule has 2 aromatic carbocycles. The van der Waals surface area contributed by atoms with E-state index in [4.69, 9.17) is 16.3 Å². The maximum atomic E-state index is 9.22. The van der Waals surface area contributed by atoms with Gasteiger partial charge in [-0.3, -0.25) is 0 Å². The summed E-state index contributed by atoms with van der Waals surface area (Å²) in [5.74, 6) is 0.824. The normalized spacial score (nSPS) is 11.5. The molecule has 0 saturated heterocycles. The molecule has 0 amide bonds. The van der Waals surface area contributed by atoms with Crippen LogP contribution in [0.3, 0.4) is 0 Å². The van der Waals surface area contributed by atoms with Crippen LogP contribution in [0.1, 0.15) is 25.0 Å². The van der Waals surface area contributed by atoms with E-state index in [9.17, 15) is 5.11 Å². The zero-order valence-corrected chi connectivity index (χ0v) is 13.7. The summed E-state index contributed by atoms with van der Waals surface area (Å²) in [7, 11) is 0. The van der Waals surface area contributed by atoms with E-state index in [1.54, 1.807) is 0 Å². The van der Waals surface area contributed by atoms with Crippen molar-refractivity contribution < 1.29 is 9.84 Å². The van der Waals surface area contributed by atoms with Gasteiger partial charge in [0, 0.05) is 17.1 Å². The van der Waals surface area contributed by atoms with Crippen molar-refractivity contribution in [3.05, 3.63) is 64.7 Å². The molecule has 0 heterocycles. The summed E-state index contributed by atoms with van der Waals surface area (Å²) in [6.07, 6.45) is 0. The molecule has 4 heteroatoms. The van der Waals surface area contributed by atoms with Gasteiger partial charge >= 0.3 is 0 Å². The number of ether oxygens (including phenoxy) is 1. The number of aliphatic hydroxyl groups is 1. The fourth-order valence-corrected chi connectivity index (χ4v) is 2.11. The summed E-state index contributed by atoms with van der Waals surface area (Å²) in [6.45, 7) is 5.25. The van der Waals surface area contributed by atoms with Crippen LogP contribution in [0, 0.1) is 0 Å². The Labute approximate surface area is 136 Å². The molecule has 0 fully saturated rings. The predicted molar refractivity (Wildman–Crippen MR) is 90.2 cm³/mol. The van der Waals surface area contributed by atoms with E-state index in [1.165, 1.54) is 0 Å². The highest BCUT2D eigenvalue weighted by atomic mass is 35.5. The minimum absolute atomic E-state index is 0.105. The predicted octanol–water partition coefficient (Wildman–Crippen LogP) is 3.78. The van der Waals surface area contributed by atoms with Gasteiger partial charge in [0.2, 0.25) is 0 Å². The second-order valence-electron chi connectivity index (χ2n) is 5.96. The Kier molecular flexibility index (Phi) is 5.83. The lowest BCUT2D eigenvalue weighted by molar-refractivity contribution is 0.187. The summed E-state index contributed by atoms with van der Waals surface area (Å²) in [4.78, 5) is 0. The topological polar surface area (TPSA) is 41.5 Å². The number of benzene rings is 2. The van der Waals surface area contributed by atoms with Crippen molar-refractivity contribution in [2.45, 2.75) is 32.5 Å². The Balaban J connectivity index is 1.86. The number of hydrogen-bond acceptors (Lipinski definition) is 3. The fourth-order valence-electron chi connectivity index (χ4n) is 1.89. The second-order valence-corrected chi connectivity index (χ2v) is 6.39. The average Bonchev–Trinajstić information content (AvgIpc) is 2.52. The van der Waals surface area contributed by atoms with Gasteiger partial charge < -0.3 is 15.2 Å². The lowest BCUT2D eigenvalue weighted by Crippen LogP contribution is -2.42. The van der Waals surface area contributed by atoms with Gasteiger partial charge in [-0.25, -0.2) is 0 Å². The molecule has 0 bridgehead atoms. The number of nitrogens with one attached hydrogen (secondary N) is 1. The molecule has 2 aromatic rings. The number of halogens is 1. The third-order valence-corrected chi connectivity index (χ3v) is 3.62. The molecular weight excluding hydrogens is 298 g/mol. The van der Waals surface area contributed by atoms with Crippen molar-refractivity contribution in [1.29, 1.82) is 0 Å². The van der Waals surface area contributed by atoms with Gasteiger partial charge in [0.25, 0.3) is 0 Å². The first-order valence-electron chi connectivity index (χ1n) is 7.30. The van der Waals surface area contributed by atoms with Gasteiger partial charge in [-0.2, -0.15) is 0 Å². The van der Waals surface area contributed by atoms with Gasteiger partial charge in [0.05, 0.1) is 6.61 Å². The third kappa shape index (κ3) is 5.34. The largest absolute Gasteiger partial charge is 0.489 e. The van der Waals surface area contributed by atoms with Crippen LogP contribution in [0.4, 0.5) is 0 Å². The Morgan fingerprint density at radius 3 is 2.45 bits per heavy atom. The van der Waals surface area contributed by atoms with E-state index in [1.807, 2.05) is 62.4 Å². The Hall–Kier alpha value is -1.55. The van der Waals surface area contributed by atoms with Crippen LogP contribution >= 0.6 is 11.6 Å². The second kappa shape index (κ2) is 7.63. The van der Waals surface area contributed by atoms with Crippen molar-refractivity contribution in [3.8, 4) is 5.75 Å². The van der Waals surface area contributed by atoms with Crippen LogP contribution in [0.2, 0.25) is 5.02 Å². The summed E-state index contributed by atoms with van der Waals surface area (Å²) in [6, 6.07) is 15.6. The van der Waals surface area contributed by atoms with Crippen LogP contribution in [0.15, 0.2) is 48.5 Å². The lowest BCUT2D eigenvalue weighted by Gasteiger charge is -2.23. The SMILES string of the molecule is CC(C)(CO)NCc1ccc(OCc2cccc(Cl)c2)cc1. The number of hydrogen-bond donors (Lipinski definition) is 2. The van der Waals surface area contributed by atoms with Crippen LogP contribution in [0.5, 0.6) is 5.75 Å². The Morgan fingerprint density at radius 1 is 1.09 bits per heavy atom. The van der Waals surface area contributed by atoms with Gasteiger partial charge in [-0.05, 0) is 49.2 Å². The van der Waals surface area contributed by atoms with Crippen molar-refractivity contribution >= 4 is 11.6 Å². The Morgan fingerprint density at radius 2 is 1.82 bits per heavy atom. The molecular formula is C18H22ClNO2. The quantitative estimate of drug-likeness (QED) is 0.816. The molecule has 0 aliphatic carbocycles. The van der Waals surface area contributed by atoms with Gasteiger partial charge in [-0.1, -0.05) is 35.9 Å². The molecule has 0 aromatic heterocycles. The minimum Gasteiger partial charge on any atom is -0.489 e. The van der Waals surface area contributed by atoms with Crippen molar-refractivity contribution in [2.75, 3.05) is 6.61 Å². The maximum Gasteiger partial charge on any atom is 0.119 e. The molecule has 0 aliphatic heterocycles. The van der Waals surface area contributed by atoms with E-state index >= 15 is 0 Å². The third-order valence-electron chi connectivity index (χ3n) is 3.38. The lowest BCUT2D eigenvalue weighted by atomic mass is 10.1. The molecule has 0 unspecified atom stereocenters. The highest BCUT2D eigenvalue weighted by Gasteiger charge is 2.14. The Bertz CT molecular complexity index is 596. The molecule has 22 heavy (non-hydrogen) atoms. The van der Waals surface area contributed by atoms with Crippen LogP contribution in [0.25, 0.3) is 0 Å². The van der Waals surface area contributed by atoms with Crippen LogP contribution in [-0.2, 0) is 13.2 Å². The molecule has 0 aliphatic rings. The summed E-state index contributed by atoms with van der Waals surface area (Å²) in [5, 5.41) is 13.2.